The van der Waals surface area contributed by atoms with Gasteiger partial charge in [0, 0.05) is 14.9 Å². The summed E-state index contributed by atoms with van der Waals surface area (Å²) in [6, 6.07) is 13.5. The summed E-state index contributed by atoms with van der Waals surface area (Å²) in [7, 11) is 0. The molecule has 0 aliphatic heterocycles. The van der Waals surface area contributed by atoms with Gasteiger partial charge in [-0.3, -0.25) is 4.79 Å². The number of para-hydroxylation sites is 1. The van der Waals surface area contributed by atoms with Crippen LogP contribution in [0, 0.1) is 6.92 Å². The summed E-state index contributed by atoms with van der Waals surface area (Å²) in [6.45, 7) is 4.04. The topological polar surface area (TPSA) is 29.1 Å². The molecular formula is C16H16BrNOS. The lowest BCUT2D eigenvalue weighted by Gasteiger charge is -2.12. The number of rotatable bonds is 4. The highest BCUT2D eigenvalue weighted by Gasteiger charge is 2.12. The predicted molar refractivity (Wildman–Crippen MR) is 89.7 cm³/mol. The number of nitrogens with one attached hydrogen (secondary N) is 1. The summed E-state index contributed by atoms with van der Waals surface area (Å²) in [6.07, 6.45) is 0. The normalized spacial score (nSPS) is 10.3. The number of halogens is 1. The smallest absolute Gasteiger partial charge is 0.255 e. The number of thioether (sulfide) groups is 1. The van der Waals surface area contributed by atoms with E-state index in [-0.39, 0.29) is 5.91 Å². The lowest BCUT2D eigenvalue weighted by molar-refractivity contribution is 0.102. The molecule has 0 unspecified atom stereocenters. The van der Waals surface area contributed by atoms with Crippen molar-refractivity contribution in [2.24, 2.45) is 0 Å². The molecule has 0 aliphatic carbocycles. The van der Waals surface area contributed by atoms with Crippen LogP contribution in [0.15, 0.2) is 51.8 Å². The molecule has 0 spiro atoms. The number of anilines is 1. The molecule has 0 heterocycles. The first-order valence-corrected chi connectivity index (χ1v) is 8.19. The maximum atomic E-state index is 12.4. The van der Waals surface area contributed by atoms with Gasteiger partial charge in [0.05, 0.1) is 5.69 Å². The third-order valence-corrected chi connectivity index (χ3v) is 4.76. The Balaban J connectivity index is 2.26. The van der Waals surface area contributed by atoms with E-state index in [0.717, 1.165) is 26.4 Å². The van der Waals surface area contributed by atoms with Crippen LogP contribution in [-0.2, 0) is 0 Å². The van der Waals surface area contributed by atoms with Crippen LogP contribution in [0.25, 0.3) is 0 Å². The minimum absolute atomic E-state index is 0.0760. The maximum Gasteiger partial charge on any atom is 0.255 e. The zero-order valence-corrected chi connectivity index (χ0v) is 13.8. The molecule has 2 aromatic carbocycles. The van der Waals surface area contributed by atoms with Gasteiger partial charge in [0.2, 0.25) is 0 Å². The average molecular weight is 350 g/mol. The minimum atomic E-state index is -0.0760. The van der Waals surface area contributed by atoms with E-state index in [1.54, 1.807) is 11.8 Å². The van der Waals surface area contributed by atoms with Gasteiger partial charge in [-0.05, 0) is 42.5 Å². The molecule has 0 aliphatic rings. The van der Waals surface area contributed by atoms with Crippen molar-refractivity contribution in [2.75, 3.05) is 11.1 Å². The first-order valence-electron chi connectivity index (χ1n) is 6.41. The van der Waals surface area contributed by atoms with Crippen LogP contribution in [0.3, 0.4) is 0 Å². The predicted octanol–water partition coefficient (Wildman–Crippen LogP) is 5.12. The van der Waals surface area contributed by atoms with Crippen LogP contribution >= 0.6 is 27.7 Å². The zero-order valence-electron chi connectivity index (χ0n) is 11.4. The molecule has 0 radical (unpaired) electrons. The van der Waals surface area contributed by atoms with Crippen LogP contribution in [0.5, 0.6) is 0 Å². The Morgan fingerprint density at radius 3 is 2.70 bits per heavy atom. The second-order valence-electron chi connectivity index (χ2n) is 4.30. The Morgan fingerprint density at radius 2 is 1.95 bits per heavy atom. The summed E-state index contributed by atoms with van der Waals surface area (Å²) in [5.41, 5.74) is 2.50. The highest BCUT2D eigenvalue weighted by molar-refractivity contribution is 9.10. The number of amides is 1. The van der Waals surface area contributed by atoms with Gasteiger partial charge < -0.3 is 5.32 Å². The van der Waals surface area contributed by atoms with Gasteiger partial charge >= 0.3 is 0 Å². The number of carbonyl (C=O) groups excluding carboxylic acids is 1. The van der Waals surface area contributed by atoms with Crippen molar-refractivity contribution in [1.29, 1.82) is 0 Å². The molecule has 4 heteroatoms. The zero-order chi connectivity index (χ0) is 14.5. The van der Waals surface area contributed by atoms with Crippen molar-refractivity contribution in [3.05, 3.63) is 58.1 Å². The van der Waals surface area contributed by atoms with Crippen LogP contribution in [0.1, 0.15) is 22.8 Å². The monoisotopic (exact) mass is 349 g/mol. The van der Waals surface area contributed by atoms with Crippen LogP contribution in [0.4, 0.5) is 5.69 Å². The lowest BCUT2D eigenvalue weighted by Crippen LogP contribution is -2.14. The molecule has 104 valence electrons. The van der Waals surface area contributed by atoms with E-state index in [0.29, 0.717) is 5.56 Å². The Hall–Kier alpha value is -1.26. The van der Waals surface area contributed by atoms with Gasteiger partial charge in [0.15, 0.2) is 0 Å². The maximum absolute atomic E-state index is 12.4. The van der Waals surface area contributed by atoms with Crippen molar-refractivity contribution in [3.8, 4) is 0 Å². The molecule has 0 atom stereocenters. The summed E-state index contributed by atoms with van der Waals surface area (Å²) in [5, 5.41) is 3.00. The molecular weight excluding hydrogens is 334 g/mol. The van der Waals surface area contributed by atoms with E-state index in [1.807, 2.05) is 49.4 Å². The third-order valence-electron chi connectivity index (χ3n) is 2.95. The van der Waals surface area contributed by atoms with E-state index in [1.165, 1.54) is 0 Å². The van der Waals surface area contributed by atoms with E-state index in [4.69, 9.17) is 0 Å². The fraction of sp³-hybridized carbons (Fsp3) is 0.188. The molecule has 0 aromatic heterocycles. The van der Waals surface area contributed by atoms with Gasteiger partial charge in [-0.1, -0.05) is 41.1 Å². The second-order valence-corrected chi connectivity index (χ2v) is 6.46. The Kier molecular flexibility index (Phi) is 5.26. The Bertz CT molecular complexity index is 628. The fourth-order valence-corrected chi connectivity index (χ4v) is 3.02. The average Bonchev–Trinajstić information content (AvgIpc) is 2.44. The van der Waals surface area contributed by atoms with Crippen molar-refractivity contribution in [1.82, 2.24) is 0 Å². The molecule has 2 nitrogen and oxygen atoms in total. The highest BCUT2D eigenvalue weighted by atomic mass is 79.9. The van der Waals surface area contributed by atoms with E-state index < -0.39 is 0 Å². The number of hydrogen-bond donors (Lipinski definition) is 1. The largest absolute Gasteiger partial charge is 0.321 e. The number of carbonyl (C=O) groups is 1. The van der Waals surface area contributed by atoms with Gasteiger partial charge in [0.25, 0.3) is 5.91 Å². The molecule has 0 fully saturated rings. The number of hydrogen-bond acceptors (Lipinski definition) is 2. The molecule has 1 N–H and O–H groups in total. The minimum Gasteiger partial charge on any atom is -0.321 e. The first kappa shape index (κ1) is 15.1. The first-order chi connectivity index (χ1) is 9.63. The Morgan fingerprint density at radius 1 is 1.20 bits per heavy atom. The quantitative estimate of drug-likeness (QED) is 0.776. The van der Waals surface area contributed by atoms with Gasteiger partial charge in [-0.15, -0.1) is 11.8 Å². The second kappa shape index (κ2) is 6.95. The molecule has 2 aromatic rings. The molecule has 20 heavy (non-hydrogen) atoms. The fourth-order valence-electron chi connectivity index (χ4n) is 1.89. The SMILES string of the molecule is CCSc1ccccc1NC(=O)c1cccc(Br)c1C. The molecule has 0 bridgehead atoms. The molecule has 0 saturated carbocycles. The van der Waals surface area contributed by atoms with Crippen molar-refractivity contribution in [2.45, 2.75) is 18.7 Å². The summed E-state index contributed by atoms with van der Waals surface area (Å²) in [5.74, 6) is 0.899. The number of benzene rings is 2. The van der Waals surface area contributed by atoms with Crippen molar-refractivity contribution < 1.29 is 4.79 Å². The van der Waals surface area contributed by atoms with Crippen LogP contribution in [0.2, 0.25) is 0 Å². The molecule has 1 amide bonds. The van der Waals surface area contributed by atoms with Gasteiger partial charge in [0.1, 0.15) is 0 Å². The summed E-state index contributed by atoms with van der Waals surface area (Å²) < 4.78 is 0.946. The standard InChI is InChI=1S/C16H16BrNOS/c1-3-20-15-10-5-4-9-14(15)18-16(19)12-7-6-8-13(17)11(12)2/h4-10H,3H2,1-2H3,(H,18,19). The lowest BCUT2D eigenvalue weighted by atomic mass is 10.1. The van der Waals surface area contributed by atoms with Crippen molar-refractivity contribution in [3.63, 3.8) is 0 Å². The summed E-state index contributed by atoms with van der Waals surface area (Å²) >= 11 is 5.18. The molecule has 0 saturated heterocycles. The van der Waals surface area contributed by atoms with Gasteiger partial charge in [-0.2, -0.15) is 0 Å². The molecule has 2 rings (SSSR count). The van der Waals surface area contributed by atoms with Crippen molar-refractivity contribution >= 4 is 39.3 Å². The Labute approximate surface area is 132 Å². The summed E-state index contributed by atoms with van der Waals surface area (Å²) in [4.78, 5) is 13.5. The van der Waals surface area contributed by atoms with E-state index in [2.05, 4.69) is 28.2 Å². The third kappa shape index (κ3) is 3.44. The van der Waals surface area contributed by atoms with Crippen LogP contribution in [-0.4, -0.2) is 11.7 Å². The van der Waals surface area contributed by atoms with E-state index >= 15 is 0 Å². The highest BCUT2D eigenvalue weighted by Crippen LogP contribution is 2.27. The van der Waals surface area contributed by atoms with E-state index in [9.17, 15) is 4.79 Å². The van der Waals surface area contributed by atoms with Crippen LogP contribution < -0.4 is 5.32 Å². The van der Waals surface area contributed by atoms with Gasteiger partial charge in [-0.25, -0.2) is 0 Å².